The molecule has 1 N–H and O–H groups in total. The first-order valence-electron chi connectivity index (χ1n) is 5.98. The van der Waals surface area contributed by atoms with Crippen molar-refractivity contribution in [2.24, 2.45) is 0 Å². The molecule has 0 atom stereocenters. The van der Waals surface area contributed by atoms with Crippen LogP contribution in [0.25, 0.3) is 0 Å². The summed E-state index contributed by atoms with van der Waals surface area (Å²) < 4.78 is 0. The number of aromatic nitrogens is 1. The molecule has 1 aromatic rings. The summed E-state index contributed by atoms with van der Waals surface area (Å²) >= 11 is 0. The molecule has 1 saturated heterocycles. The molecule has 2 rings (SSSR count). The van der Waals surface area contributed by atoms with Gasteiger partial charge in [0.25, 0.3) is 5.69 Å². The van der Waals surface area contributed by atoms with Crippen molar-refractivity contribution in [3.63, 3.8) is 0 Å². The van der Waals surface area contributed by atoms with Gasteiger partial charge in [-0.15, -0.1) is 0 Å². The quantitative estimate of drug-likeness (QED) is 0.631. The van der Waals surface area contributed by atoms with Crippen molar-refractivity contribution in [2.45, 2.75) is 19.4 Å². The molecule has 0 radical (unpaired) electrons. The minimum atomic E-state index is -0.541. The van der Waals surface area contributed by atoms with Crippen molar-refractivity contribution in [3.05, 3.63) is 27.9 Å². The number of nitro groups is 1. The first-order valence-corrected chi connectivity index (χ1v) is 5.98. The zero-order valence-corrected chi connectivity index (χ0v) is 10.9. The summed E-state index contributed by atoms with van der Waals surface area (Å²) in [5.41, 5.74) is -0.107. The number of nitriles is 1. The number of piperazine rings is 1. The van der Waals surface area contributed by atoms with Crippen LogP contribution in [-0.2, 0) is 0 Å². The van der Waals surface area contributed by atoms with Gasteiger partial charge in [0.05, 0.1) is 4.92 Å². The van der Waals surface area contributed by atoms with E-state index in [9.17, 15) is 15.4 Å². The van der Waals surface area contributed by atoms with Crippen LogP contribution in [0.2, 0.25) is 0 Å². The summed E-state index contributed by atoms with van der Waals surface area (Å²) in [6, 6.07) is 3.28. The van der Waals surface area contributed by atoms with Gasteiger partial charge in [-0.25, -0.2) is 4.98 Å². The Bertz CT molecular complexity index is 550. The number of rotatable bonds is 2. The first kappa shape index (κ1) is 13.2. The molecule has 19 heavy (non-hydrogen) atoms. The lowest BCUT2D eigenvalue weighted by Gasteiger charge is -2.43. The highest BCUT2D eigenvalue weighted by Gasteiger charge is 2.32. The van der Waals surface area contributed by atoms with E-state index < -0.39 is 4.92 Å². The molecule has 1 aliphatic heterocycles. The number of pyridine rings is 1. The zero-order chi connectivity index (χ0) is 14.0. The Hall–Kier alpha value is -2.20. The predicted octanol–water partition coefficient (Wildman–Crippen LogP) is 1.05. The van der Waals surface area contributed by atoms with Crippen molar-refractivity contribution < 1.29 is 4.92 Å². The van der Waals surface area contributed by atoms with E-state index in [1.54, 1.807) is 0 Å². The van der Waals surface area contributed by atoms with Gasteiger partial charge in [-0.2, -0.15) is 5.26 Å². The van der Waals surface area contributed by atoms with E-state index in [1.807, 2.05) is 24.8 Å². The smallest absolute Gasteiger partial charge is 0.289 e. The standard InChI is InChI=1S/C12H15N5O2/c1-12(2)8-14-3-4-16(12)11-9(6-13)5-10(7-15-11)17(18)19/h5,7,14H,3-4,8H2,1-2H3. The third-order valence-electron chi connectivity index (χ3n) is 3.24. The molecule has 0 unspecified atom stereocenters. The van der Waals surface area contributed by atoms with Gasteiger partial charge in [0.1, 0.15) is 23.6 Å². The van der Waals surface area contributed by atoms with Gasteiger partial charge in [-0.1, -0.05) is 0 Å². The molecule has 0 saturated carbocycles. The molecule has 0 aliphatic carbocycles. The maximum atomic E-state index is 10.7. The number of hydrogen-bond acceptors (Lipinski definition) is 6. The molecule has 2 heterocycles. The summed E-state index contributed by atoms with van der Waals surface area (Å²) in [7, 11) is 0. The van der Waals surface area contributed by atoms with Gasteiger partial charge < -0.3 is 10.2 Å². The Labute approximate surface area is 111 Å². The summed E-state index contributed by atoms with van der Waals surface area (Å²) in [4.78, 5) is 16.3. The lowest BCUT2D eigenvalue weighted by molar-refractivity contribution is -0.385. The van der Waals surface area contributed by atoms with E-state index in [0.29, 0.717) is 12.4 Å². The van der Waals surface area contributed by atoms with Gasteiger partial charge in [0.2, 0.25) is 0 Å². The molecule has 1 aliphatic rings. The van der Waals surface area contributed by atoms with Crippen LogP contribution in [0.4, 0.5) is 11.5 Å². The van der Waals surface area contributed by atoms with Crippen molar-refractivity contribution in [3.8, 4) is 6.07 Å². The Morgan fingerprint density at radius 3 is 2.95 bits per heavy atom. The topological polar surface area (TPSA) is 95.1 Å². The molecule has 0 aromatic carbocycles. The van der Waals surface area contributed by atoms with Crippen LogP contribution >= 0.6 is 0 Å². The minimum absolute atomic E-state index is 0.159. The monoisotopic (exact) mass is 261 g/mol. The van der Waals surface area contributed by atoms with Gasteiger partial charge >= 0.3 is 0 Å². The van der Waals surface area contributed by atoms with Crippen LogP contribution in [0.5, 0.6) is 0 Å². The van der Waals surface area contributed by atoms with Crippen LogP contribution in [0.15, 0.2) is 12.3 Å². The summed E-state index contributed by atoms with van der Waals surface area (Å²) in [6.45, 7) is 6.38. The van der Waals surface area contributed by atoms with Crippen LogP contribution in [0.3, 0.4) is 0 Å². The number of hydrogen-bond donors (Lipinski definition) is 1. The highest BCUT2D eigenvalue weighted by molar-refractivity contribution is 5.58. The predicted molar refractivity (Wildman–Crippen MR) is 69.9 cm³/mol. The fourth-order valence-electron chi connectivity index (χ4n) is 2.22. The van der Waals surface area contributed by atoms with Crippen molar-refractivity contribution in [1.82, 2.24) is 10.3 Å². The normalized spacial score (nSPS) is 17.8. The highest BCUT2D eigenvalue weighted by atomic mass is 16.6. The summed E-state index contributed by atoms with van der Waals surface area (Å²) in [5, 5.41) is 23.2. The van der Waals surface area contributed by atoms with Gasteiger partial charge in [0.15, 0.2) is 0 Å². The van der Waals surface area contributed by atoms with Crippen LogP contribution < -0.4 is 10.2 Å². The fraction of sp³-hybridized carbons (Fsp3) is 0.500. The molecular formula is C12H15N5O2. The molecule has 7 nitrogen and oxygen atoms in total. The molecule has 1 fully saturated rings. The third-order valence-corrected chi connectivity index (χ3v) is 3.24. The SMILES string of the molecule is CC1(C)CNCCN1c1ncc([N+](=O)[O-])cc1C#N. The lowest BCUT2D eigenvalue weighted by Crippen LogP contribution is -2.58. The summed E-state index contributed by atoms with van der Waals surface area (Å²) in [5.74, 6) is 0.514. The van der Waals surface area contributed by atoms with Crippen LogP contribution in [-0.4, -0.2) is 35.1 Å². The third kappa shape index (κ3) is 2.48. The van der Waals surface area contributed by atoms with Crippen molar-refractivity contribution >= 4 is 11.5 Å². The highest BCUT2D eigenvalue weighted by Crippen LogP contribution is 2.28. The van der Waals surface area contributed by atoms with Gasteiger partial charge in [-0.3, -0.25) is 10.1 Å². The van der Waals surface area contributed by atoms with Crippen molar-refractivity contribution in [1.29, 1.82) is 5.26 Å². The van der Waals surface area contributed by atoms with E-state index in [-0.39, 0.29) is 16.8 Å². The molecule has 100 valence electrons. The van der Waals surface area contributed by atoms with Gasteiger partial charge in [-0.05, 0) is 13.8 Å². The fourth-order valence-corrected chi connectivity index (χ4v) is 2.22. The molecule has 0 amide bonds. The second kappa shape index (κ2) is 4.82. The maximum absolute atomic E-state index is 10.7. The number of anilines is 1. The average Bonchev–Trinajstić information content (AvgIpc) is 2.37. The first-order chi connectivity index (χ1) is 8.95. The Kier molecular flexibility index (Phi) is 3.36. The minimum Gasteiger partial charge on any atom is -0.348 e. The Morgan fingerprint density at radius 2 is 2.37 bits per heavy atom. The van der Waals surface area contributed by atoms with Gasteiger partial charge in [0, 0.05) is 31.2 Å². The summed E-state index contributed by atoms with van der Waals surface area (Å²) in [6.07, 6.45) is 1.20. The zero-order valence-electron chi connectivity index (χ0n) is 10.9. The van der Waals surface area contributed by atoms with E-state index in [1.165, 1.54) is 12.3 Å². The van der Waals surface area contributed by atoms with E-state index in [0.717, 1.165) is 13.1 Å². The molecule has 1 aromatic heterocycles. The Morgan fingerprint density at radius 1 is 1.63 bits per heavy atom. The second-order valence-electron chi connectivity index (χ2n) is 5.07. The molecule has 0 spiro atoms. The second-order valence-corrected chi connectivity index (χ2v) is 5.07. The Balaban J connectivity index is 2.45. The molecule has 7 heteroatoms. The van der Waals surface area contributed by atoms with Crippen LogP contribution in [0, 0.1) is 21.4 Å². The average molecular weight is 261 g/mol. The lowest BCUT2D eigenvalue weighted by atomic mass is 9.99. The van der Waals surface area contributed by atoms with E-state index >= 15 is 0 Å². The maximum Gasteiger partial charge on any atom is 0.289 e. The largest absolute Gasteiger partial charge is 0.348 e. The number of nitrogens with one attached hydrogen (secondary N) is 1. The van der Waals surface area contributed by atoms with Crippen molar-refractivity contribution in [2.75, 3.05) is 24.5 Å². The van der Waals surface area contributed by atoms with Crippen LogP contribution in [0.1, 0.15) is 19.4 Å². The number of nitrogens with zero attached hydrogens (tertiary/aromatic N) is 4. The van der Waals surface area contributed by atoms with E-state index in [2.05, 4.69) is 10.3 Å². The molecular weight excluding hydrogens is 246 g/mol. The molecule has 0 bridgehead atoms. The van der Waals surface area contributed by atoms with E-state index in [4.69, 9.17) is 0 Å².